The number of nitrogens with zero attached hydrogens (tertiary/aromatic N) is 4. The van der Waals surface area contributed by atoms with Crippen LogP contribution < -0.4 is 10.4 Å². The molecule has 158 valence electrons. The van der Waals surface area contributed by atoms with E-state index in [2.05, 4.69) is 14.7 Å². The molecule has 2 unspecified atom stereocenters. The molecule has 9 heteroatoms. The van der Waals surface area contributed by atoms with Crippen molar-refractivity contribution in [3.63, 3.8) is 0 Å². The zero-order valence-electron chi connectivity index (χ0n) is 16.9. The van der Waals surface area contributed by atoms with Gasteiger partial charge in [0.1, 0.15) is 5.82 Å². The Morgan fingerprint density at radius 1 is 1.17 bits per heavy atom. The van der Waals surface area contributed by atoms with Gasteiger partial charge in [0.25, 0.3) is 0 Å². The van der Waals surface area contributed by atoms with E-state index in [1.165, 1.54) is 0 Å². The van der Waals surface area contributed by atoms with Gasteiger partial charge in [-0.1, -0.05) is 21.9 Å². The summed E-state index contributed by atoms with van der Waals surface area (Å²) in [5, 5.41) is 4.49. The van der Waals surface area contributed by atoms with Gasteiger partial charge >= 0.3 is 5.69 Å². The molecule has 2 atom stereocenters. The minimum atomic E-state index is -3.52. The number of likely N-dealkylation sites (tertiary alicyclic amines) is 1. The molecule has 4 rings (SSSR count). The maximum Gasteiger partial charge on any atom is 0.345 e. The quantitative estimate of drug-likeness (QED) is 0.713. The maximum absolute atomic E-state index is 12.7. The summed E-state index contributed by atoms with van der Waals surface area (Å²) in [4.78, 5) is 15.0. The number of aromatic nitrogens is 3. The Hall–Kier alpha value is -1.81. The van der Waals surface area contributed by atoms with Crippen molar-refractivity contribution >= 4 is 10.4 Å². The van der Waals surface area contributed by atoms with Crippen molar-refractivity contribution in [2.75, 3.05) is 19.6 Å². The first-order chi connectivity index (χ1) is 13.9. The van der Waals surface area contributed by atoms with Crippen LogP contribution in [0, 0.1) is 6.92 Å². The van der Waals surface area contributed by atoms with E-state index in [4.69, 9.17) is 0 Å². The highest BCUT2D eigenvalue weighted by atomic mass is 32.3. The van der Waals surface area contributed by atoms with Gasteiger partial charge in [-0.3, -0.25) is 9.47 Å². The summed E-state index contributed by atoms with van der Waals surface area (Å²) >= 11 is 0. The molecule has 0 bridgehead atoms. The molecule has 1 aromatic heterocycles. The lowest BCUT2D eigenvalue weighted by Crippen LogP contribution is -2.50. The van der Waals surface area contributed by atoms with Gasteiger partial charge in [0.05, 0.1) is 12.6 Å². The Morgan fingerprint density at radius 2 is 1.97 bits per heavy atom. The highest BCUT2D eigenvalue weighted by molar-refractivity contribution is 7.95. The van der Waals surface area contributed by atoms with Crippen LogP contribution in [-0.2, 0) is 34.1 Å². The Morgan fingerprint density at radius 3 is 2.72 bits per heavy atom. The van der Waals surface area contributed by atoms with Crippen LogP contribution in [0.25, 0.3) is 0 Å². The Balaban J connectivity index is 1.35. The summed E-state index contributed by atoms with van der Waals surface area (Å²) < 4.78 is 31.5. The number of sulfonamides is 1. The van der Waals surface area contributed by atoms with Crippen LogP contribution in [-0.4, -0.2) is 49.5 Å². The van der Waals surface area contributed by atoms with Gasteiger partial charge < -0.3 is 4.55 Å². The van der Waals surface area contributed by atoms with Crippen LogP contribution in [0.15, 0.2) is 34.0 Å². The topological polar surface area (TPSA) is 95.2 Å². The minimum Gasteiger partial charge on any atom is -0.593 e. The van der Waals surface area contributed by atoms with Crippen LogP contribution in [0.2, 0.25) is 0 Å². The number of rotatable bonds is 6. The SMILES string of the molecule is Cc1ccc([S+](=O)([O-])NC2CCCN(CCn3nc4n(c3=O)CCCC4)C2)cc1. The van der Waals surface area contributed by atoms with Crippen molar-refractivity contribution in [3.8, 4) is 0 Å². The smallest absolute Gasteiger partial charge is 0.345 e. The fourth-order valence-electron chi connectivity index (χ4n) is 4.19. The lowest BCUT2D eigenvalue weighted by molar-refractivity contribution is 0.191. The summed E-state index contributed by atoms with van der Waals surface area (Å²) in [6.07, 6.45) is 4.74. The second-order valence-electron chi connectivity index (χ2n) is 8.10. The van der Waals surface area contributed by atoms with E-state index in [9.17, 15) is 13.6 Å². The second-order valence-corrected chi connectivity index (χ2v) is 9.82. The molecule has 0 saturated carbocycles. The molecule has 1 aromatic carbocycles. The molecule has 3 heterocycles. The zero-order chi connectivity index (χ0) is 20.4. The Labute approximate surface area is 172 Å². The van der Waals surface area contributed by atoms with Gasteiger partial charge in [-0.15, -0.1) is 4.72 Å². The predicted octanol–water partition coefficient (Wildman–Crippen LogP) is 1.35. The van der Waals surface area contributed by atoms with Crippen molar-refractivity contribution in [1.82, 2.24) is 24.0 Å². The second kappa shape index (κ2) is 8.51. The number of aryl methyl sites for hydroxylation is 2. The number of piperidine rings is 1. The Bertz CT molecular complexity index is 952. The van der Waals surface area contributed by atoms with Gasteiger partial charge in [0.15, 0.2) is 15.3 Å². The highest BCUT2D eigenvalue weighted by Gasteiger charge is 2.29. The maximum atomic E-state index is 12.7. The molecule has 2 aliphatic rings. The van der Waals surface area contributed by atoms with Gasteiger partial charge in [-0.25, -0.2) is 9.48 Å². The van der Waals surface area contributed by atoms with E-state index < -0.39 is 10.4 Å². The molecule has 8 nitrogen and oxygen atoms in total. The van der Waals surface area contributed by atoms with E-state index in [1.807, 2.05) is 19.1 Å². The summed E-state index contributed by atoms with van der Waals surface area (Å²) in [6.45, 7) is 5.49. The first kappa shape index (κ1) is 20.5. The highest BCUT2D eigenvalue weighted by Crippen LogP contribution is 2.18. The molecule has 29 heavy (non-hydrogen) atoms. The molecular formula is C20H29N5O3S. The van der Waals surface area contributed by atoms with E-state index in [0.29, 0.717) is 24.5 Å². The largest absolute Gasteiger partial charge is 0.593 e. The van der Waals surface area contributed by atoms with E-state index in [0.717, 1.165) is 56.6 Å². The van der Waals surface area contributed by atoms with Gasteiger partial charge in [-0.05, 0) is 51.3 Å². The molecule has 0 aliphatic carbocycles. The molecule has 1 N–H and O–H groups in total. The lowest BCUT2D eigenvalue weighted by atomic mass is 10.1. The molecule has 2 aromatic rings. The standard InChI is InChI=1S/C20H29N5O3S/c1-16-7-9-18(10-8-16)29(27,28)22-17-5-4-11-23(15-17)13-14-25-20(26)24-12-3-2-6-19(24)21-25/h7-10,17H,2-6,11-15H2,1H3,(H-,22,27,28). The predicted molar refractivity (Wildman–Crippen MR) is 110 cm³/mol. The molecule has 1 fully saturated rings. The average molecular weight is 420 g/mol. The zero-order valence-corrected chi connectivity index (χ0v) is 17.7. The van der Waals surface area contributed by atoms with Crippen molar-refractivity contribution in [2.24, 2.45) is 0 Å². The molecular weight excluding hydrogens is 390 g/mol. The first-order valence-electron chi connectivity index (χ1n) is 10.4. The van der Waals surface area contributed by atoms with Gasteiger partial charge in [0, 0.05) is 26.1 Å². The fourth-order valence-corrected chi connectivity index (χ4v) is 5.45. The van der Waals surface area contributed by atoms with Crippen LogP contribution >= 0.6 is 0 Å². The third-order valence-electron chi connectivity index (χ3n) is 5.82. The third kappa shape index (κ3) is 4.69. The summed E-state index contributed by atoms with van der Waals surface area (Å²) in [7, 11) is -3.52. The van der Waals surface area contributed by atoms with E-state index >= 15 is 0 Å². The minimum absolute atomic E-state index is 0.0201. The van der Waals surface area contributed by atoms with E-state index in [1.54, 1.807) is 21.4 Å². The fraction of sp³-hybridized carbons (Fsp3) is 0.600. The number of nitrogens with one attached hydrogen (secondary N) is 1. The van der Waals surface area contributed by atoms with Gasteiger partial charge in [-0.2, -0.15) is 5.10 Å². The third-order valence-corrected chi connectivity index (χ3v) is 7.35. The van der Waals surface area contributed by atoms with Crippen LogP contribution in [0.4, 0.5) is 0 Å². The number of fused-ring (bicyclic) bond motifs is 1. The number of hydrogen-bond acceptors (Lipinski definition) is 5. The van der Waals surface area contributed by atoms with Crippen molar-refractivity contribution in [1.29, 1.82) is 0 Å². The van der Waals surface area contributed by atoms with Crippen LogP contribution in [0.5, 0.6) is 0 Å². The summed E-state index contributed by atoms with van der Waals surface area (Å²) in [5.74, 6) is 0.892. The van der Waals surface area contributed by atoms with Crippen molar-refractivity contribution in [3.05, 3.63) is 46.1 Å². The molecule has 2 aliphatic heterocycles. The van der Waals surface area contributed by atoms with Crippen LogP contribution in [0.1, 0.15) is 37.1 Å². The van der Waals surface area contributed by atoms with Crippen LogP contribution in [0.3, 0.4) is 0 Å². The molecule has 1 saturated heterocycles. The Kier molecular flexibility index (Phi) is 6.00. The number of benzene rings is 1. The summed E-state index contributed by atoms with van der Waals surface area (Å²) in [6, 6.07) is 6.78. The molecule has 0 amide bonds. The molecule has 0 spiro atoms. The van der Waals surface area contributed by atoms with Crippen molar-refractivity contribution < 1.29 is 8.76 Å². The number of hydrogen-bond donors (Lipinski definition) is 1. The van der Waals surface area contributed by atoms with Crippen molar-refractivity contribution in [2.45, 2.75) is 63.1 Å². The average Bonchev–Trinajstić information content (AvgIpc) is 3.03. The molecule has 0 radical (unpaired) electrons. The van der Waals surface area contributed by atoms with E-state index in [-0.39, 0.29) is 11.7 Å². The summed E-state index contributed by atoms with van der Waals surface area (Å²) in [5.41, 5.74) is 1.01. The monoisotopic (exact) mass is 419 g/mol. The normalized spacial score (nSPS) is 22.2. The van der Waals surface area contributed by atoms with Gasteiger partial charge in [0.2, 0.25) is 0 Å². The lowest BCUT2D eigenvalue weighted by Gasteiger charge is -2.33. The first-order valence-corrected chi connectivity index (χ1v) is 11.9.